The molecule has 0 saturated carbocycles. The van der Waals surface area contributed by atoms with Gasteiger partial charge in [-0.25, -0.2) is 13.2 Å². The summed E-state index contributed by atoms with van der Waals surface area (Å²) < 4.78 is 44.5. The molecule has 154 valence electrons. The van der Waals surface area contributed by atoms with Crippen molar-refractivity contribution in [2.45, 2.75) is 32.0 Å². The number of rotatable bonds is 3. The number of alkyl halides is 1. The van der Waals surface area contributed by atoms with Gasteiger partial charge in [-0.1, -0.05) is 22.0 Å². The zero-order chi connectivity index (χ0) is 21.3. The second-order valence-corrected chi connectivity index (χ2v) is 8.51. The van der Waals surface area contributed by atoms with Gasteiger partial charge < -0.3 is 4.79 Å². The molecule has 8 heteroatoms. The normalized spacial score (nSPS) is 17.0. The SMILES string of the molecule is C=O.CC(C)(F)CN1CCc2c(ccc3[nH]ncc23)C1c1c(F)cc(Br)cc1F. The number of benzene rings is 2. The highest BCUT2D eigenvalue weighted by Crippen LogP contribution is 2.41. The summed E-state index contributed by atoms with van der Waals surface area (Å²) >= 11 is 3.13. The minimum atomic E-state index is -1.49. The molecule has 1 aromatic heterocycles. The van der Waals surface area contributed by atoms with Gasteiger partial charge in [-0.2, -0.15) is 5.10 Å². The van der Waals surface area contributed by atoms with Gasteiger partial charge >= 0.3 is 0 Å². The van der Waals surface area contributed by atoms with E-state index in [1.54, 1.807) is 6.20 Å². The number of aromatic nitrogens is 2. The number of nitrogens with one attached hydrogen (secondary N) is 1. The number of hydrogen-bond donors (Lipinski definition) is 1. The average Bonchev–Trinajstić information content (AvgIpc) is 3.11. The molecule has 0 spiro atoms. The summed E-state index contributed by atoms with van der Waals surface area (Å²) in [4.78, 5) is 9.82. The van der Waals surface area contributed by atoms with E-state index < -0.39 is 23.3 Å². The summed E-state index contributed by atoms with van der Waals surface area (Å²) in [6.07, 6.45) is 2.40. The molecule has 29 heavy (non-hydrogen) atoms. The number of carbonyl (C=O) groups excluding carboxylic acids is 1. The molecule has 1 atom stereocenters. The van der Waals surface area contributed by atoms with Crippen LogP contribution in [0.4, 0.5) is 13.2 Å². The van der Waals surface area contributed by atoms with Crippen LogP contribution in [0.2, 0.25) is 0 Å². The highest BCUT2D eigenvalue weighted by molar-refractivity contribution is 9.10. The first kappa shape index (κ1) is 21.5. The molecule has 1 aliphatic rings. The van der Waals surface area contributed by atoms with E-state index in [1.807, 2.05) is 23.8 Å². The van der Waals surface area contributed by atoms with Gasteiger partial charge in [-0.3, -0.25) is 10.00 Å². The summed E-state index contributed by atoms with van der Waals surface area (Å²) in [6.45, 7) is 5.54. The smallest absolute Gasteiger partial charge is 0.132 e. The van der Waals surface area contributed by atoms with Gasteiger partial charge in [0.2, 0.25) is 0 Å². The number of aromatic amines is 1. The largest absolute Gasteiger partial charge is 0.307 e. The Hall–Kier alpha value is -2.19. The van der Waals surface area contributed by atoms with Crippen LogP contribution in [0.5, 0.6) is 0 Å². The number of nitrogens with zero attached hydrogens (tertiary/aromatic N) is 2. The van der Waals surface area contributed by atoms with Crippen molar-refractivity contribution in [1.29, 1.82) is 0 Å². The summed E-state index contributed by atoms with van der Waals surface area (Å²) in [5.41, 5.74) is 1.13. The summed E-state index contributed by atoms with van der Waals surface area (Å²) in [7, 11) is 0. The van der Waals surface area contributed by atoms with Crippen molar-refractivity contribution in [2.24, 2.45) is 0 Å². The van der Waals surface area contributed by atoms with Crippen molar-refractivity contribution in [2.75, 3.05) is 13.1 Å². The van der Waals surface area contributed by atoms with Crippen molar-refractivity contribution in [1.82, 2.24) is 15.1 Å². The third-order valence-corrected chi connectivity index (χ3v) is 5.43. The lowest BCUT2D eigenvalue weighted by molar-refractivity contribution is -0.0980. The maximum absolute atomic E-state index is 14.8. The van der Waals surface area contributed by atoms with E-state index in [9.17, 15) is 13.2 Å². The van der Waals surface area contributed by atoms with Crippen LogP contribution in [0.25, 0.3) is 10.9 Å². The van der Waals surface area contributed by atoms with Crippen LogP contribution in [0.1, 0.15) is 36.6 Å². The predicted molar refractivity (Wildman–Crippen MR) is 110 cm³/mol. The fraction of sp³-hybridized carbons (Fsp3) is 0.333. The predicted octanol–water partition coefficient (Wildman–Crippen LogP) is 5.11. The molecule has 2 aromatic carbocycles. The van der Waals surface area contributed by atoms with Crippen molar-refractivity contribution in [3.63, 3.8) is 0 Å². The van der Waals surface area contributed by atoms with Crippen molar-refractivity contribution < 1.29 is 18.0 Å². The molecule has 1 aliphatic heterocycles. The molecule has 0 bridgehead atoms. The number of H-pyrrole nitrogens is 1. The van der Waals surface area contributed by atoms with E-state index in [4.69, 9.17) is 4.79 Å². The Morgan fingerprint density at radius 1 is 1.28 bits per heavy atom. The second kappa shape index (κ2) is 8.28. The van der Waals surface area contributed by atoms with Crippen molar-refractivity contribution in [3.8, 4) is 0 Å². The Kier molecular flexibility index (Phi) is 6.14. The molecule has 1 N–H and O–H groups in total. The Morgan fingerprint density at radius 2 is 1.93 bits per heavy atom. The first-order valence-electron chi connectivity index (χ1n) is 9.06. The van der Waals surface area contributed by atoms with Crippen LogP contribution in [0.15, 0.2) is 34.9 Å². The second-order valence-electron chi connectivity index (χ2n) is 7.59. The molecule has 4 nitrogen and oxygen atoms in total. The van der Waals surface area contributed by atoms with Gasteiger partial charge in [0, 0.05) is 28.5 Å². The van der Waals surface area contributed by atoms with Crippen molar-refractivity contribution in [3.05, 3.63) is 63.3 Å². The Labute approximate surface area is 175 Å². The molecule has 2 heterocycles. The lowest BCUT2D eigenvalue weighted by Crippen LogP contribution is -2.43. The zero-order valence-electron chi connectivity index (χ0n) is 16.1. The third kappa shape index (κ3) is 4.23. The van der Waals surface area contributed by atoms with Crippen LogP contribution in [0, 0.1) is 11.6 Å². The Bertz CT molecular complexity index is 1010. The van der Waals surface area contributed by atoms with Gasteiger partial charge in [0.1, 0.15) is 24.1 Å². The van der Waals surface area contributed by atoms with Gasteiger partial charge in [-0.15, -0.1) is 0 Å². The van der Waals surface area contributed by atoms with Gasteiger partial charge in [-0.05, 0) is 49.6 Å². The first-order valence-corrected chi connectivity index (χ1v) is 9.85. The molecule has 3 aromatic rings. The van der Waals surface area contributed by atoms with E-state index in [2.05, 4.69) is 26.1 Å². The lowest BCUT2D eigenvalue weighted by atomic mass is 9.85. The highest BCUT2D eigenvalue weighted by Gasteiger charge is 2.36. The standard InChI is InChI=1S/C20H19BrF3N3.CH2O/c1-20(2,24)10-27-6-5-12-13(3-4-17-14(12)9-25-26-17)19(27)18-15(22)7-11(21)8-16(18)23;1-2/h3-4,7-9,19H,5-6,10H2,1-2H3,(H,25,26);1H2. The third-order valence-electron chi connectivity index (χ3n) is 4.98. The minimum absolute atomic E-state index is 0.0498. The van der Waals surface area contributed by atoms with Gasteiger partial charge in [0.05, 0.1) is 17.8 Å². The van der Waals surface area contributed by atoms with E-state index in [0.29, 0.717) is 17.4 Å². The monoisotopic (exact) mass is 467 g/mol. The maximum atomic E-state index is 14.8. The first-order chi connectivity index (χ1) is 13.7. The molecule has 0 radical (unpaired) electrons. The number of hydrogen-bond acceptors (Lipinski definition) is 3. The number of carbonyl (C=O) groups is 1. The van der Waals surface area contributed by atoms with Crippen LogP contribution in [-0.2, 0) is 11.2 Å². The minimum Gasteiger partial charge on any atom is -0.307 e. The van der Waals surface area contributed by atoms with E-state index in [1.165, 1.54) is 26.0 Å². The van der Waals surface area contributed by atoms with Crippen LogP contribution < -0.4 is 0 Å². The molecule has 0 fully saturated rings. The van der Waals surface area contributed by atoms with E-state index in [-0.39, 0.29) is 12.1 Å². The summed E-state index contributed by atoms with van der Waals surface area (Å²) in [5, 5.41) is 7.94. The summed E-state index contributed by atoms with van der Waals surface area (Å²) in [6, 6.07) is 5.52. The number of fused-ring (bicyclic) bond motifs is 3. The van der Waals surface area contributed by atoms with Gasteiger partial charge in [0.25, 0.3) is 0 Å². The Morgan fingerprint density at radius 3 is 2.55 bits per heavy atom. The average molecular weight is 468 g/mol. The quantitative estimate of drug-likeness (QED) is 0.581. The van der Waals surface area contributed by atoms with E-state index in [0.717, 1.165) is 22.0 Å². The summed E-state index contributed by atoms with van der Waals surface area (Å²) in [5.74, 6) is -1.29. The van der Waals surface area contributed by atoms with Crippen LogP contribution >= 0.6 is 15.9 Å². The van der Waals surface area contributed by atoms with Crippen LogP contribution in [0.3, 0.4) is 0 Å². The molecule has 1 unspecified atom stereocenters. The van der Waals surface area contributed by atoms with Gasteiger partial charge in [0.15, 0.2) is 0 Å². The lowest BCUT2D eigenvalue weighted by Gasteiger charge is -2.40. The van der Waals surface area contributed by atoms with E-state index >= 15 is 0 Å². The molecule has 0 amide bonds. The fourth-order valence-electron chi connectivity index (χ4n) is 4.02. The molecule has 0 saturated heterocycles. The zero-order valence-corrected chi connectivity index (χ0v) is 17.7. The molecular weight excluding hydrogens is 447 g/mol. The topological polar surface area (TPSA) is 49.0 Å². The van der Waals surface area contributed by atoms with Crippen LogP contribution in [-0.4, -0.2) is 40.6 Å². The molecule has 0 aliphatic carbocycles. The fourth-order valence-corrected chi connectivity index (χ4v) is 4.42. The molecular formula is C21H21BrF3N3O. The Balaban J connectivity index is 0.00000117. The number of halogens is 4. The molecule has 4 rings (SSSR count). The highest BCUT2D eigenvalue weighted by atomic mass is 79.9. The maximum Gasteiger partial charge on any atom is 0.132 e. The van der Waals surface area contributed by atoms with Crippen molar-refractivity contribution >= 4 is 33.6 Å².